The fourth-order valence-corrected chi connectivity index (χ4v) is 2.18. The fraction of sp³-hybridized carbons (Fsp3) is 0.125. The van der Waals surface area contributed by atoms with Gasteiger partial charge in [-0.2, -0.15) is 0 Å². The highest BCUT2D eigenvalue weighted by Gasteiger charge is 2.04. The van der Waals surface area contributed by atoms with Crippen LogP contribution in [0.5, 0.6) is 5.75 Å². The average Bonchev–Trinajstić information content (AvgIpc) is 2.53. The topological polar surface area (TPSA) is 35.0 Å². The number of pyridine rings is 2. The van der Waals surface area contributed by atoms with Gasteiger partial charge in [-0.15, -0.1) is 11.6 Å². The molecule has 0 radical (unpaired) electrons. The molecule has 20 heavy (non-hydrogen) atoms. The second kappa shape index (κ2) is 5.88. The van der Waals surface area contributed by atoms with Gasteiger partial charge in [-0.05, 0) is 24.3 Å². The molecule has 0 aliphatic heterocycles. The van der Waals surface area contributed by atoms with E-state index in [1.807, 2.05) is 48.5 Å². The molecule has 4 heteroatoms. The van der Waals surface area contributed by atoms with E-state index < -0.39 is 0 Å². The molecular weight excluding hydrogens is 272 g/mol. The van der Waals surface area contributed by atoms with E-state index in [1.54, 1.807) is 6.20 Å². The average molecular weight is 285 g/mol. The molecule has 3 rings (SSSR count). The molecule has 0 spiro atoms. The summed E-state index contributed by atoms with van der Waals surface area (Å²) >= 11 is 5.78. The Labute approximate surface area is 122 Å². The van der Waals surface area contributed by atoms with E-state index in [0.29, 0.717) is 12.5 Å². The van der Waals surface area contributed by atoms with E-state index in [4.69, 9.17) is 16.3 Å². The van der Waals surface area contributed by atoms with Gasteiger partial charge in [0.25, 0.3) is 0 Å². The van der Waals surface area contributed by atoms with Crippen LogP contribution in [-0.2, 0) is 12.5 Å². The lowest BCUT2D eigenvalue weighted by Crippen LogP contribution is -2.00. The van der Waals surface area contributed by atoms with Crippen LogP contribution in [0, 0.1) is 0 Å². The normalized spacial score (nSPS) is 10.7. The minimum absolute atomic E-state index is 0.403. The van der Waals surface area contributed by atoms with Crippen LogP contribution in [0.15, 0.2) is 54.7 Å². The first kappa shape index (κ1) is 12.9. The Morgan fingerprint density at radius 1 is 0.950 bits per heavy atom. The van der Waals surface area contributed by atoms with Crippen LogP contribution in [0.3, 0.4) is 0 Å². The molecule has 3 aromatic rings. The number of rotatable bonds is 4. The van der Waals surface area contributed by atoms with Crippen molar-refractivity contribution in [3.8, 4) is 5.75 Å². The molecule has 100 valence electrons. The van der Waals surface area contributed by atoms with Gasteiger partial charge in [0.15, 0.2) is 0 Å². The molecule has 2 heterocycles. The molecule has 0 aliphatic rings. The van der Waals surface area contributed by atoms with Crippen LogP contribution in [0.1, 0.15) is 11.4 Å². The molecule has 0 unspecified atom stereocenters. The molecule has 0 atom stereocenters. The van der Waals surface area contributed by atoms with Crippen molar-refractivity contribution in [3.63, 3.8) is 0 Å². The fourth-order valence-electron chi connectivity index (χ4n) is 2.03. The lowest BCUT2D eigenvalue weighted by Gasteiger charge is -2.08. The summed E-state index contributed by atoms with van der Waals surface area (Å²) in [4.78, 5) is 8.77. The second-order valence-corrected chi connectivity index (χ2v) is 4.64. The van der Waals surface area contributed by atoms with E-state index in [1.165, 1.54) is 0 Å². The summed E-state index contributed by atoms with van der Waals surface area (Å²) in [6.45, 7) is 0.403. The van der Waals surface area contributed by atoms with Crippen molar-refractivity contribution in [2.75, 3.05) is 0 Å². The molecule has 3 nitrogen and oxygen atoms in total. The van der Waals surface area contributed by atoms with Crippen molar-refractivity contribution < 1.29 is 4.74 Å². The zero-order valence-corrected chi connectivity index (χ0v) is 11.5. The molecule has 0 saturated heterocycles. The van der Waals surface area contributed by atoms with Crippen molar-refractivity contribution >= 4 is 22.5 Å². The number of aromatic nitrogens is 2. The first-order chi connectivity index (χ1) is 9.86. The van der Waals surface area contributed by atoms with Crippen molar-refractivity contribution in [2.24, 2.45) is 0 Å². The minimum Gasteiger partial charge on any atom is -0.485 e. The van der Waals surface area contributed by atoms with Crippen LogP contribution in [0.2, 0.25) is 0 Å². The zero-order chi connectivity index (χ0) is 13.8. The first-order valence-electron chi connectivity index (χ1n) is 6.34. The van der Waals surface area contributed by atoms with E-state index in [-0.39, 0.29) is 0 Å². The standard InChI is InChI=1S/C16H13ClN2O/c17-10-13-6-2-7-14(19-13)11-20-15-8-1-4-12-5-3-9-18-16(12)15/h1-9H,10-11H2. The zero-order valence-electron chi connectivity index (χ0n) is 10.8. The van der Waals surface area contributed by atoms with Crippen molar-refractivity contribution in [1.82, 2.24) is 9.97 Å². The van der Waals surface area contributed by atoms with Crippen LogP contribution < -0.4 is 4.74 Å². The lowest BCUT2D eigenvalue weighted by atomic mass is 10.2. The number of nitrogens with zero attached hydrogens (tertiary/aromatic N) is 2. The highest BCUT2D eigenvalue weighted by atomic mass is 35.5. The number of benzene rings is 1. The van der Waals surface area contributed by atoms with Crippen LogP contribution in [-0.4, -0.2) is 9.97 Å². The number of ether oxygens (including phenoxy) is 1. The number of alkyl halides is 1. The van der Waals surface area contributed by atoms with E-state index >= 15 is 0 Å². The van der Waals surface area contributed by atoms with Gasteiger partial charge in [-0.25, -0.2) is 0 Å². The minimum atomic E-state index is 0.403. The Balaban J connectivity index is 1.83. The molecule has 1 aromatic carbocycles. The van der Waals surface area contributed by atoms with Gasteiger partial charge < -0.3 is 4.74 Å². The van der Waals surface area contributed by atoms with Gasteiger partial charge in [0.05, 0.1) is 17.3 Å². The number of hydrogen-bond donors (Lipinski definition) is 0. The van der Waals surface area contributed by atoms with Gasteiger partial charge in [0.2, 0.25) is 0 Å². The van der Waals surface area contributed by atoms with Crippen molar-refractivity contribution in [1.29, 1.82) is 0 Å². The number of hydrogen-bond acceptors (Lipinski definition) is 3. The Kier molecular flexibility index (Phi) is 3.79. The van der Waals surface area contributed by atoms with Crippen LogP contribution in [0.25, 0.3) is 10.9 Å². The highest BCUT2D eigenvalue weighted by Crippen LogP contribution is 2.23. The van der Waals surface area contributed by atoms with E-state index in [0.717, 1.165) is 28.0 Å². The molecule has 0 amide bonds. The molecule has 0 aliphatic carbocycles. The molecular formula is C16H13ClN2O. The lowest BCUT2D eigenvalue weighted by molar-refractivity contribution is 0.304. The Bertz CT molecular complexity index is 725. The maximum absolute atomic E-state index is 5.84. The monoisotopic (exact) mass is 284 g/mol. The molecule has 0 N–H and O–H groups in total. The van der Waals surface area contributed by atoms with Gasteiger partial charge in [-0.3, -0.25) is 9.97 Å². The number of halogens is 1. The largest absolute Gasteiger partial charge is 0.485 e. The third-order valence-electron chi connectivity index (χ3n) is 2.97. The maximum Gasteiger partial charge on any atom is 0.146 e. The predicted molar refractivity (Wildman–Crippen MR) is 79.9 cm³/mol. The summed E-state index contributed by atoms with van der Waals surface area (Å²) < 4.78 is 5.84. The van der Waals surface area contributed by atoms with E-state index in [2.05, 4.69) is 9.97 Å². The maximum atomic E-state index is 5.84. The first-order valence-corrected chi connectivity index (χ1v) is 6.87. The quantitative estimate of drug-likeness (QED) is 0.681. The highest BCUT2D eigenvalue weighted by molar-refractivity contribution is 6.16. The Hall–Kier alpha value is -2.13. The SMILES string of the molecule is ClCc1cccc(COc2cccc3cccnc23)n1. The second-order valence-electron chi connectivity index (χ2n) is 4.37. The Morgan fingerprint density at radius 3 is 2.65 bits per heavy atom. The Morgan fingerprint density at radius 2 is 1.75 bits per heavy atom. The summed E-state index contributed by atoms with van der Waals surface area (Å²) in [6.07, 6.45) is 1.77. The summed E-state index contributed by atoms with van der Waals surface area (Å²) in [6, 6.07) is 15.6. The van der Waals surface area contributed by atoms with Crippen molar-refractivity contribution in [2.45, 2.75) is 12.5 Å². The van der Waals surface area contributed by atoms with Gasteiger partial charge >= 0.3 is 0 Å². The summed E-state index contributed by atoms with van der Waals surface area (Å²) in [5.74, 6) is 1.17. The van der Waals surface area contributed by atoms with Gasteiger partial charge in [-0.1, -0.05) is 24.3 Å². The van der Waals surface area contributed by atoms with Crippen LogP contribution >= 0.6 is 11.6 Å². The van der Waals surface area contributed by atoms with Crippen molar-refractivity contribution in [3.05, 3.63) is 66.1 Å². The smallest absolute Gasteiger partial charge is 0.146 e. The molecule has 0 bridgehead atoms. The molecule has 2 aromatic heterocycles. The van der Waals surface area contributed by atoms with Gasteiger partial charge in [0, 0.05) is 11.6 Å². The third-order valence-corrected chi connectivity index (χ3v) is 3.25. The van der Waals surface area contributed by atoms with Gasteiger partial charge in [0.1, 0.15) is 17.9 Å². The summed E-state index contributed by atoms with van der Waals surface area (Å²) in [5.41, 5.74) is 2.57. The number of fused-ring (bicyclic) bond motifs is 1. The summed E-state index contributed by atoms with van der Waals surface area (Å²) in [7, 11) is 0. The van der Waals surface area contributed by atoms with E-state index in [9.17, 15) is 0 Å². The number of para-hydroxylation sites is 1. The molecule has 0 fully saturated rings. The third kappa shape index (κ3) is 2.73. The van der Waals surface area contributed by atoms with Crippen LogP contribution in [0.4, 0.5) is 0 Å². The predicted octanol–water partition coefficient (Wildman–Crippen LogP) is 3.95. The summed E-state index contributed by atoms with van der Waals surface area (Å²) in [5, 5.41) is 1.06. The molecule has 0 saturated carbocycles.